The molecule has 6 aliphatic rings. The smallest absolute Gasteiger partial charge is 0.364 e. The van der Waals surface area contributed by atoms with Gasteiger partial charge in [-0.25, -0.2) is 4.79 Å². The molecule has 23 N–H and O–H groups in total. The molecular weight excluding hydrogens is 1680 g/mol. The summed E-state index contributed by atoms with van der Waals surface area (Å²) in [5.74, 6) is -8.40. The van der Waals surface area contributed by atoms with E-state index in [0.29, 0.717) is 12.8 Å². The van der Waals surface area contributed by atoms with Gasteiger partial charge in [-0.05, 0) is 19.3 Å². The number of hydrogen-bond donors (Lipinski definition) is 23. The van der Waals surface area contributed by atoms with Crippen LogP contribution < -0.4 is 21.3 Å². The maximum Gasteiger partial charge on any atom is 0.364 e. The maximum atomic E-state index is 13.7. The van der Waals surface area contributed by atoms with Gasteiger partial charge in [0.15, 0.2) is 31.5 Å². The highest BCUT2D eigenvalue weighted by molar-refractivity contribution is 5.77. The Kier molecular flexibility index (Phi) is 52.4. The maximum absolute atomic E-state index is 13.7. The third kappa shape index (κ3) is 35.0. The van der Waals surface area contributed by atoms with Gasteiger partial charge in [0.05, 0.1) is 70.5 Å². The topological polar surface area (TPSA) is 629 Å². The summed E-state index contributed by atoms with van der Waals surface area (Å²) in [7, 11) is 0. The second kappa shape index (κ2) is 59.6. The van der Waals surface area contributed by atoms with Crippen molar-refractivity contribution in [2.45, 2.75) is 461 Å². The van der Waals surface area contributed by atoms with E-state index in [2.05, 4.69) is 35.1 Å². The molecule has 6 rings (SSSR count). The second-order valence-electron chi connectivity index (χ2n) is 34.9. The van der Waals surface area contributed by atoms with Crippen LogP contribution in [0.3, 0.4) is 0 Å². The zero-order valence-corrected chi connectivity index (χ0v) is 74.8. The van der Waals surface area contributed by atoms with E-state index in [-0.39, 0.29) is 12.3 Å². The van der Waals surface area contributed by atoms with E-state index in [4.69, 9.17) is 56.8 Å². The lowest BCUT2D eigenvalue weighted by Crippen LogP contribution is -2.72. The minimum absolute atomic E-state index is 0.132. The van der Waals surface area contributed by atoms with Gasteiger partial charge in [0, 0.05) is 33.6 Å². The summed E-state index contributed by atoms with van der Waals surface area (Å²) >= 11 is 0. The number of carboxylic acids is 1. The monoisotopic (exact) mass is 1830 g/mol. The number of aliphatic hydroxyl groups excluding tert-OH is 18. The third-order valence-electron chi connectivity index (χ3n) is 24.6. The molecule has 6 fully saturated rings. The first kappa shape index (κ1) is 112. The fraction of sp³-hybridized carbons (Fsp3) is 0.920. The summed E-state index contributed by atoms with van der Waals surface area (Å²) in [5, 5.41) is 224. The molecule has 12 unspecified atom stereocenters. The van der Waals surface area contributed by atoms with Gasteiger partial charge >= 0.3 is 5.97 Å². The van der Waals surface area contributed by atoms with Gasteiger partial charge in [-0.3, -0.25) is 19.2 Å². The van der Waals surface area contributed by atoms with Crippen LogP contribution in [0, 0.1) is 0 Å². The predicted molar refractivity (Wildman–Crippen MR) is 450 cm³/mol. The number of nitrogens with one attached hydrogen (secondary N) is 4. The Hall–Kier alpha value is -4.11. The lowest BCUT2D eigenvalue weighted by atomic mass is 9.88. The van der Waals surface area contributed by atoms with Crippen molar-refractivity contribution in [1.29, 1.82) is 0 Å². The summed E-state index contributed by atoms with van der Waals surface area (Å²) < 4.78 is 72.6. The van der Waals surface area contributed by atoms with Crippen molar-refractivity contribution >= 4 is 29.6 Å². The molecule has 0 bridgehead atoms. The van der Waals surface area contributed by atoms with Crippen LogP contribution in [0.15, 0.2) is 12.2 Å². The number of rotatable bonds is 62. The van der Waals surface area contributed by atoms with Crippen LogP contribution >= 0.6 is 0 Å². The van der Waals surface area contributed by atoms with Crippen LogP contribution in [0.2, 0.25) is 0 Å². The van der Waals surface area contributed by atoms with Crippen molar-refractivity contribution in [3.63, 3.8) is 0 Å². The molecule has 40 heteroatoms. The minimum atomic E-state index is -3.26. The van der Waals surface area contributed by atoms with E-state index < -0.39 is 278 Å². The molecule has 0 spiro atoms. The molecule has 6 saturated heterocycles. The van der Waals surface area contributed by atoms with E-state index in [1.165, 1.54) is 141 Å². The predicted octanol–water partition coefficient (Wildman–Crippen LogP) is -0.734. The first-order valence-corrected chi connectivity index (χ1v) is 46.6. The summed E-state index contributed by atoms with van der Waals surface area (Å²) in [6.45, 7) is 0.133. The van der Waals surface area contributed by atoms with Crippen LogP contribution in [0.25, 0.3) is 0 Å². The van der Waals surface area contributed by atoms with E-state index in [1.807, 2.05) is 6.08 Å². The number of unbranched alkanes of at least 4 members (excludes halogenated alkanes) is 31. The van der Waals surface area contributed by atoms with Gasteiger partial charge < -0.3 is 175 Å². The fourth-order valence-electron chi connectivity index (χ4n) is 17.3. The number of carbonyl (C=O) groups excluding carboxylic acids is 4. The second-order valence-corrected chi connectivity index (χ2v) is 34.9. The highest BCUT2D eigenvalue weighted by atomic mass is 16.8. The quantitative estimate of drug-likeness (QED) is 0.0264. The van der Waals surface area contributed by atoms with E-state index in [9.17, 15) is 121 Å². The van der Waals surface area contributed by atoms with Crippen LogP contribution in [-0.4, -0.2) is 375 Å². The molecule has 33 atom stereocenters. The number of ether oxygens (including phenoxy) is 12. The molecule has 0 saturated carbocycles. The van der Waals surface area contributed by atoms with Crippen LogP contribution in [0.5, 0.6) is 0 Å². The molecule has 40 nitrogen and oxygen atoms in total. The zero-order chi connectivity index (χ0) is 93.3. The number of amides is 4. The Morgan fingerprint density at radius 3 is 1.24 bits per heavy atom. The average molecular weight is 1830 g/mol. The summed E-state index contributed by atoms with van der Waals surface area (Å²) in [6, 6.07) is -6.63. The summed E-state index contributed by atoms with van der Waals surface area (Å²) in [5.41, 5.74) is 0. The first-order valence-electron chi connectivity index (χ1n) is 46.6. The SMILES string of the molecule is CCCCCCCCCCCCC/C=C/[C@@H](O)[C@H](CO[C@@H]1OC(CO)[C@@H](O[C@@H]2OC(CO)[C@H](O[C@@H]3OC(CO)[C@H](O)[C@H](O)C3NC(C)=O)[C@H](O[C@@H]3OC(CO)[C@@H](O[C@@H]4OC(CO)[C@H](O)[C@H](O[C@]5(C(=O)O)CC(O)[C@@H](NC(C)=O)C([C@H](O)[C@H](O)CO)O5)C4O)[C@H](O)C3NC(C)=O)C2O)[C@H](O)C1O)NC(=O)CCCCCCCCCCCCCCCCCCCCCCC. The Balaban J connectivity index is 1.19. The zero-order valence-electron chi connectivity index (χ0n) is 74.8. The number of aliphatic carboxylic acids is 1. The summed E-state index contributed by atoms with van der Waals surface area (Å²) in [4.78, 5) is 65.3. The van der Waals surface area contributed by atoms with Gasteiger partial charge in [-0.1, -0.05) is 219 Å². The first-order chi connectivity index (χ1) is 60.9. The molecule has 0 aliphatic carbocycles. The van der Waals surface area contributed by atoms with Crippen molar-refractivity contribution in [2.75, 3.05) is 46.2 Å². The Bertz CT molecular complexity index is 3070. The molecule has 0 radical (unpaired) electrons. The molecule has 4 amide bonds. The molecule has 0 aromatic rings. The Labute approximate surface area is 745 Å². The number of hydrogen-bond acceptors (Lipinski definition) is 35. The van der Waals surface area contributed by atoms with Crippen LogP contribution in [0.1, 0.15) is 259 Å². The fourth-order valence-corrected chi connectivity index (χ4v) is 17.3. The lowest BCUT2D eigenvalue weighted by molar-refractivity contribution is -0.398. The lowest BCUT2D eigenvalue weighted by Gasteiger charge is -2.52. The average Bonchev–Trinajstić information content (AvgIpc) is 0.759. The van der Waals surface area contributed by atoms with Crippen LogP contribution in [0.4, 0.5) is 0 Å². The molecule has 6 aliphatic heterocycles. The molecule has 0 aromatic heterocycles. The van der Waals surface area contributed by atoms with Gasteiger partial charge in [-0.2, -0.15) is 0 Å². The van der Waals surface area contributed by atoms with Gasteiger partial charge in [-0.15, -0.1) is 0 Å². The van der Waals surface area contributed by atoms with Crippen molar-refractivity contribution in [3.05, 3.63) is 12.2 Å². The van der Waals surface area contributed by atoms with Gasteiger partial charge in [0.25, 0.3) is 5.79 Å². The highest BCUT2D eigenvalue weighted by Gasteiger charge is 2.62. The molecule has 6 heterocycles. The number of carboxylic acid groups (broad SMARTS) is 1. The highest BCUT2D eigenvalue weighted by Crippen LogP contribution is 2.41. The van der Waals surface area contributed by atoms with Gasteiger partial charge in [0.2, 0.25) is 23.6 Å². The molecular formula is C87H156N4O36. The van der Waals surface area contributed by atoms with E-state index in [1.54, 1.807) is 6.08 Å². The largest absolute Gasteiger partial charge is 0.477 e. The Morgan fingerprint density at radius 1 is 0.409 bits per heavy atom. The summed E-state index contributed by atoms with van der Waals surface area (Å²) in [6.07, 6.45) is -17.2. The van der Waals surface area contributed by atoms with E-state index in [0.717, 1.165) is 78.6 Å². The van der Waals surface area contributed by atoms with Crippen molar-refractivity contribution in [3.8, 4) is 0 Å². The number of allylic oxidation sites excluding steroid dienone is 1. The van der Waals surface area contributed by atoms with Crippen molar-refractivity contribution in [1.82, 2.24) is 21.3 Å². The van der Waals surface area contributed by atoms with Crippen molar-refractivity contribution < 1.29 is 178 Å². The standard InChI is InChI=1S/C87H156N4O36/c1-6-8-10-12-14-16-18-20-21-22-23-24-25-26-27-29-31-33-35-37-39-41-62(104)91-53(54(101)40-38-36-34-32-30-28-19-17-15-13-11-9-7-2)49-116-83-72(111)71(110)76(60(47-96)120-83)123-85-74(113)80(77(61(48-97)121-85)124-81-64(89-51(4)99)69(108)67(106)57(44-93)117-81)125-82-65(90-52(5)100)70(109)75(59(46-95)119-82)122-84-73(112)79(68(107)58(45-94)118-84)127-87(86(114)115)42-55(102)63(88-50(3)98)78(126-87)66(105)56(103)43-92/h38,40,53-61,63-85,92-97,101-103,105-113H,6-37,39,41-49H2,1-5H3,(H,88,98)(H,89,99)(H,90,100)(H,91,104)(H,114,115)/b40-38+/t53-,54+,55?,56+,57?,58?,59?,60?,61?,63+,64?,65?,66+,67-,68-,69+,70+,71+,72?,73?,74?,75+,76+,77-,78?,79-,80+,81-,82-,83+,84-,85-,87-/m0/s1. The van der Waals surface area contributed by atoms with Gasteiger partial charge in [0.1, 0.15) is 140 Å². The molecule has 740 valence electrons. The third-order valence-corrected chi connectivity index (χ3v) is 24.6. The molecule has 127 heavy (non-hydrogen) atoms. The normalized spacial score (nSPS) is 34.6. The molecule has 0 aromatic carbocycles. The van der Waals surface area contributed by atoms with E-state index >= 15 is 0 Å². The van der Waals surface area contributed by atoms with Crippen LogP contribution in [-0.2, 0) is 80.8 Å². The Morgan fingerprint density at radius 2 is 0.787 bits per heavy atom. The number of carbonyl (C=O) groups is 5. The number of aliphatic hydroxyl groups is 18. The minimum Gasteiger partial charge on any atom is -0.477 e. The van der Waals surface area contributed by atoms with Crippen molar-refractivity contribution in [2.24, 2.45) is 0 Å².